The van der Waals surface area contributed by atoms with Gasteiger partial charge in [-0.2, -0.15) is 0 Å². The third-order valence-electron chi connectivity index (χ3n) is 2.47. The van der Waals surface area contributed by atoms with E-state index in [2.05, 4.69) is 17.3 Å². The maximum atomic E-state index is 5.57. The van der Waals surface area contributed by atoms with Gasteiger partial charge < -0.3 is 10.1 Å². The number of nitrogens with zero attached hydrogens (tertiary/aromatic N) is 1. The first-order chi connectivity index (χ1) is 4.88. The molecule has 1 N–H and O–H groups in total. The van der Waals surface area contributed by atoms with Crippen molar-refractivity contribution in [2.75, 3.05) is 33.3 Å². The Morgan fingerprint density at radius 1 is 1.33 bits per heavy atom. The Hall–Kier alpha value is 0.460. The van der Waals surface area contributed by atoms with Crippen molar-refractivity contribution < 1.29 is 4.74 Å². The molecule has 2 atom stereocenters. The van der Waals surface area contributed by atoms with Gasteiger partial charge in [0.2, 0.25) is 0 Å². The van der Waals surface area contributed by atoms with Gasteiger partial charge in [0.1, 0.15) is 0 Å². The summed E-state index contributed by atoms with van der Waals surface area (Å²) in [5, 5.41) is 3.33. The van der Waals surface area contributed by atoms with Crippen molar-refractivity contribution in [1.29, 1.82) is 0 Å². The third-order valence-corrected chi connectivity index (χ3v) is 2.47. The summed E-state index contributed by atoms with van der Waals surface area (Å²) in [4.78, 5) is 2.38. The Kier molecular flexibility index (Phi) is 5.45. The van der Waals surface area contributed by atoms with Crippen molar-refractivity contribution in [2.24, 2.45) is 0 Å². The van der Waals surface area contributed by atoms with Crippen LogP contribution in [0.1, 0.15) is 0 Å². The molecule has 0 aromatic heterocycles. The van der Waals surface area contributed by atoms with Gasteiger partial charge in [0, 0.05) is 25.7 Å². The first-order valence-electron chi connectivity index (χ1n) is 3.90. The van der Waals surface area contributed by atoms with Crippen LogP contribution in [0.25, 0.3) is 0 Å². The van der Waals surface area contributed by atoms with E-state index in [4.69, 9.17) is 4.74 Å². The van der Waals surface area contributed by atoms with E-state index < -0.39 is 0 Å². The van der Waals surface area contributed by atoms with Gasteiger partial charge >= 0.3 is 0 Å². The molecule has 0 radical (unpaired) electrons. The third kappa shape index (κ3) is 2.24. The van der Waals surface area contributed by atoms with Crippen molar-refractivity contribution in [3.8, 4) is 0 Å². The van der Waals surface area contributed by atoms with E-state index in [9.17, 15) is 0 Å². The van der Waals surface area contributed by atoms with Gasteiger partial charge in [0.05, 0.1) is 12.7 Å². The van der Waals surface area contributed by atoms with Crippen LogP contribution in [0, 0.1) is 0 Å². The molecule has 3 nitrogen and oxygen atoms in total. The Bertz CT molecular complexity index is 137. The minimum absolute atomic E-state index is 0. The SMILES string of the molecule is CN1CCOC2CNCC21.Cl.Cl. The summed E-state index contributed by atoms with van der Waals surface area (Å²) in [6, 6.07) is 0.633. The average molecular weight is 215 g/mol. The van der Waals surface area contributed by atoms with Crippen LogP contribution in [0.5, 0.6) is 0 Å². The number of rotatable bonds is 0. The summed E-state index contributed by atoms with van der Waals surface area (Å²) in [6.07, 6.45) is 0.457. The number of ether oxygens (including phenoxy) is 1. The standard InChI is InChI=1S/C7H14N2O.2ClH/c1-9-2-3-10-7-5-8-4-6(7)9;;/h6-8H,2-5H2,1H3;2*1H. The normalized spacial score (nSPS) is 34.8. The molecule has 5 heteroatoms. The molecule has 2 fully saturated rings. The maximum absolute atomic E-state index is 5.57. The van der Waals surface area contributed by atoms with Gasteiger partial charge in [0.25, 0.3) is 0 Å². The fraction of sp³-hybridized carbons (Fsp3) is 1.00. The molecular formula is C7H16Cl2N2O. The van der Waals surface area contributed by atoms with Crippen molar-refractivity contribution in [1.82, 2.24) is 10.2 Å². The van der Waals surface area contributed by atoms with Crippen LogP contribution in [-0.2, 0) is 4.74 Å². The molecule has 2 saturated heterocycles. The van der Waals surface area contributed by atoms with Gasteiger partial charge in [-0.05, 0) is 7.05 Å². The molecule has 2 aliphatic rings. The zero-order valence-electron chi connectivity index (χ0n) is 7.16. The molecule has 0 bridgehead atoms. The molecule has 0 spiro atoms. The summed E-state index contributed by atoms with van der Waals surface area (Å²) in [6.45, 7) is 4.12. The summed E-state index contributed by atoms with van der Waals surface area (Å²) < 4.78 is 5.57. The lowest BCUT2D eigenvalue weighted by atomic mass is 10.1. The second-order valence-electron chi connectivity index (χ2n) is 3.12. The van der Waals surface area contributed by atoms with E-state index in [1.807, 2.05) is 0 Å². The van der Waals surface area contributed by atoms with Crippen molar-refractivity contribution >= 4 is 24.8 Å². The van der Waals surface area contributed by atoms with Crippen LogP contribution < -0.4 is 5.32 Å². The second-order valence-corrected chi connectivity index (χ2v) is 3.12. The molecule has 0 aromatic rings. The quantitative estimate of drug-likeness (QED) is 0.621. The zero-order chi connectivity index (χ0) is 6.97. The lowest BCUT2D eigenvalue weighted by Gasteiger charge is -2.33. The molecule has 2 rings (SSSR count). The topological polar surface area (TPSA) is 24.5 Å². The van der Waals surface area contributed by atoms with Crippen LogP contribution in [0.4, 0.5) is 0 Å². The average Bonchev–Trinajstić information content (AvgIpc) is 2.36. The summed E-state index contributed by atoms with van der Waals surface area (Å²) in [5.74, 6) is 0. The maximum Gasteiger partial charge on any atom is 0.0867 e. The molecule has 74 valence electrons. The van der Waals surface area contributed by atoms with E-state index in [1.165, 1.54) is 0 Å². The number of hydrogen-bond acceptors (Lipinski definition) is 3. The first-order valence-corrected chi connectivity index (χ1v) is 3.90. The molecule has 0 amide bonds. The minimum atomic E-state index is 0. The molecule has 0 saturated carbocycles. The van der Waals surface area contributed by atoms with Gasteiger partial charge in [-0.3, -0.25) is 4.90 Å². The molecule has 12 heavy (non-hydrogen) atoms. The minimum Gasteiger partial charge on any atom is -0.374 e. The van der Waals surface area contributed by atoms with Crippen molar-refractivity contribution in [2.45, 2.75) is 12.1 Å². The largest absolute Gasteiger partial charge is 0.374 e. The smallest absolute Gasteiger partial charge is 0.0867 e. The number of fused-ring (bicyclic) bond motifs is 1. The number of hydrogen-bond donors (Lipinski definition) is 1. The van der Waals surface area contributed by atoms with Crippen LogP contribution >= 0.6 is 24.8 Å². The predicted molar refractivity (Wildman–Crippen MR) is 53.5 cm³/mol. The highest BCUT2D eigenvalue weighted by atomic mass is 35.5. The van der Waals surface area contributed by atoms with Crippen LogP contribution in [0.15, 0.2) is 0 Å². The van der Waals surface area contributed by atoms with Crippen LogP contribution in [0.2, 0.25) is 0 Å². The van der Waals surface area contributed by atoms with Crippen LogP contribution in [0.3, 0.4) is 0 Å². The lowest BCUT2D eigenvalue weighted by molar-refractivity contribution is -0.0363. The number of nitrogens with one attached hydrogen (secondary N) is 1. The van der Waals surface area contributed by atoms with E-state index in [0.29, 0.717) is 12.1 Å². The highest BCUT2D eigenvalue weighted by Gasteiger charge is 2.33. The number of halogens is 2. The highest BCUT2D eigenvalue weighted by molar-refractivity contribution is 5.85. The van der Waals surface area contributed by atoms with Gasteiger partial charge in [-0.15, -0.1) is 24.8 Å². The molecule has 2 unspecified atom stereocenters. The molecular weight excluding hydrogens is 199 g/mol. The van der Waals surface area contributed by atoms with Gasteiger partial charge in [-0.25, -0.2) is 0 Å². The number of morpholine rings is 1. The highest BCUT2D eigenvalue weighted by Crippen LogP contribution is 2.14. The summed E-state index contributed by atoms with van der Waals surface area (Å²) in [5.41, 5.74) is 0. The fourth-order valence-electron chi connectivity index (χ4n) is 1.76. The van der Waals surface area contributed by atoms with Crippen LogP contribution in [-0.4, -0.2) is 50.3 Å². The zero-order valence-corrected chi connectivity index (χ0v) is 8.79. The van der Waals surface area contributed by atoms with Crippen molar-refractivity contribution in [3.63, 3.8) is 0 Å². The summed E-state index contributed by atoms with van der Waals surface area (Å²) >= 11 is 0. The lowest BCUT2D eigenvalue weighted by Crippen LogP contribution is -2.48. The Balaban J connectivity index is 0.000000605. The molecule has 0 aliphatic carbocycles. The molecule has 2 aliphatic heterocycles. The van der Waals surface area contributed by atoms with E-state index >= 15 is 0 Å². The van der Waals surface area contributed by atoms with Gasteiger partial charge in [0.15, 0.2) is 0 Å². The Labute approximate surface area is 85.6 Å². The van der Waals surface area contributed by atoms with E-state index in [1.54, 1.807) is 0 Å². The number of likely N-dealkylation sites (N-methyl/N-ethyl adjacent to an activating group) is 1. The van der Waals surface area contributed by atoms with Crippen molar-refractivity contribution in [3.05, 3.63) is 0 Å². The molecule has 0 aromatic carbocycles. The monoisotopic (exact) mass is 214 g/mol. The van der Waals surface area contributed by atoms with E-state index in [0.717, 1.165) is 26.2 Å². The summed E-state index contributed by atoms with van der Waals surface area (Å²) in [7, 11) is 2.17. The van der Waals surface area contributed by atoms with Gasteiger partial charge in [-0.1, -0.05) is 0 Å². The second kappa shape index (κ2) is 5.25. The predicted octanol–water partition coefficient (Wildman–Crippen LogP) is 0.132. The Morgan fingerprint density at radius 2 is 2.08 bits per heavy atom. The first kappa shape index (κ1) is 12.5. The Morgan fingerprint density at radius 3 is 2.75 bits per heavy atom. The fourth-order valence-corrected chi connectivity index (χ4v) is 1.76. The molecule has 2 heterocycles. The van der Waals surface area contributed by atoms with E-state index in [-0.39, 0.29) is 24.8 Å².